The zero-order chi connectivity index (χ0) is 11.5. The van der Waals surface area contributed by atoms with Crippen molar-refractivity contribution in [3.05, 3.63) is 23.7 Å². The van der Waals surface area contributed by atoms with Crippen molar-refractivity contribution in [1.82, 2.24) is 25.1 Å². The van der Waals surface area contributed by atoms with Gasteiger partial charge in [-0.3, -0.25) is 4.68 Å². The highest BCUT2D eigenvalue weighted by Crippen LogP contribution is 2.29. The zero-order valence-corrected chi connectivity index (χ0v) is 10.4. The molecule has 0 fully saturated rings. The Bertz CT molecular complexity index is 460. The minimum absolute atomic E-state index is 0.822. The summed E-state index contributed by atoms with van der Waals surface area (Å²) in [7, 11) is 3.89. The van der Waals surface area contributed by atoms with Gasteiger partial charge >= 0.3 is 0 Å². The lowest BCUT2D eigenvalue weighted by molar-refractivity contribution is 0.682. The first-order chi connectivity index (χ1) is 7.72. The fraction of sp³-hybridized carbons (Fsp3) is 0.400. The van der Waals surface area contributed by atoms with E-state index in [-0.39, 0.29) is 0 Å². The molecule has 0 radical (unpaired) electrons. The number of rotatable bonds is 4. The van der Waals surface area contributed by atoms with Gasteiger partial charge in [0.2, 0.25) is 0 Å². The zero-order valence-electron chi connectivity index (χ0n) is 9.61. The van der Waals surface area contributed by atoms with Crippen molar-refractivity contribution in [2.75, 3.05) is 7.05 Å². The van der Waals surface area contributed by atoms with Crippen LogP contribution in [0.4, 0.5) is 0 Å². The quantitative estimate of drug-likeness (QED) is 0.842. The Morgan fingerprint density at radius 1 is 1.56 bits per heavy atom. The maximum absolute atomic E-state index is 4.42. The van der Waals surface area contributed by atoms with Crippen LogP contribution in [0.25, 0.3) is 0 Å². The van der Waals surface area contributed by atoms with Crippen LogP contribution in [0, 0.1) is 6.92 Å². The van der Waals surface area contributed by atoms with Gasteiger partial charge in [-0.05, 0) is 25.7 Å². The molecule has 2 N–H and O–H groups in total. The molecule has 0 spiro atoms. The average molecular weight is 237 g/mol. The number of H-pyrrole nitrogens is 1. The molecular formula is C10H15N5S. The van der Waals surface area contributed by atoms with E-state index < -0.39 is 0 Å². The van der Waals surface area contributed by atoms with Gasteiger partial charge in [0, 0.05) is 31.5 Å². The monoisotopic (exact) mass is 237 g/mol. The molecule has 2 aromatic heterocycles. The summed E-state index contributed by atoms with van der Waals surface area (Å²) in [5.41, 5.74) is 2.29. The summed E-state index contributed by atoms with van der Waals surface area (Å²) in [6, 6.07) is 0. The van der Waals surface area contributed by atoms with Crippen molar-refractivity contribution >= 4 is 11.8 Å². The first-order valence-electron chi connectivity index (χ1n) is 5.06. The maximum Gasteiger partial charge on any atom is 0.171 e. The molecule has 0 bridgehead atoms. The molecule has 0 aromatic carbocycles. The van der Waals surface area contributed by atoms with Crippen molar-refractivity contribution < 1.29 is 0 Å². The van der Waals surface area contributed by atoms with Crippen LogP contribution < -0.4 is 5.32 Å². The van der Waals surface area contributed by atoms with E-state index in [2.05, 4.69) is 20.4 Å². The Morgan fingerprint density at radius 2 is 2.38 bits per heavy atom. The summed E-state index contributed by atoms with van der Waals surface area (Å²) in [5, 5.41) is 9.60. The van der Waals surface area contributed by atoms with Gasteiger partial charge in [0.25, 0.3) is 0 Å². The number of aromatic amines is 1. The molecule has 0 aliphatic heterocycles. The molecule has 2 heterocycles. The highest BCUT2D eigenvalue weighted by molar-refractivity contribution is 7.99. The predicted molar refractivity (Wildman–Crippen MR) is 63.4 cm³/mol. The third-order valence-electron chi connectivity index (χ3n) is 2.31. The van der Waals surface area contributed by atoms with Crippen LogP contribution in [0.15, 0.2) is 22.6 Å². The standard InChI is InChI=1S/C10H15N5S/c1-7-8(6-11-2)9(15(3)14-7)16-10-12-4-5-13-10/h4-5,11H,6H2,1-3H3,(H,12,13). The van der Waals surface area contributed by atoms with E-state index in [4.69, 9.17) is 0 Å². The van der Waals surface area contributed by atoms with E-state index in [0.717, 1.165) is 22.4 Å². The fourth-order valence-corrected chi connectivity index (χ4v) is 2.53. The van der Waals surface area contributed by atoms with Crippen LogP contribution in [0.2, 0.25) is 0 Å². The minimum atomic E-state index is 0.822. The summed E-state index contributed by atoms with van der Waals surface area (Å²) in [6.07, 6.45) is 3.58. The van der Waals surface area contributed by atoms with Crippen LogP contribution in [0.3, 0.4) is 0 Å². The van der Waals surface area contributed by atoms with E-state index in [1.54, 1.807) is 18.0 Å². The van der Waals surface area contributed by atoms with E-state index in [1.165, 1.54) is 5.56 Å². The first-order valence-corrected chi connectivity index (χ1v) is 5.88. The van der Waals surface area contributed by atoms with Crippen LogP contribution in [-0.4, -0.2) is 26.8 Å². The Morgan fingerprint density at radius 3 is 3.00 bits per heavy atom. The molecule has 16 heavy (non-hydrogen) atoms. The first kappa shape index (κ1) is 11.2. The largest absolute Gasteiger partial charge is 0.339 e. The van der Waals surface area contributed by atoms with Gasteiger partial charge < -0.3 is 10.3 Å². The highest BCUT2D eigenvalue weighted by Gasteiger charge is 2.14. The van der Waals surface area contributed by atoms with Gasteiger partial charge in [0.15, 0.2) is 5.16 Å². The molecule has 0 amide bonds. The molecule has 6 heteroatoms. The second-order valence-corrected chi connectivity index (χ2v) is 4.50. The smallest absolute Gasteiger partial charge is 0.171 e. The summed E-state index contributed by atoms with van der Waals surface area (Å²) < 4.78 is 1.90. The lowest BCUT2D eigenvalue weighted by atomic mass is 10.3. The van der Waals surface area contributed by atoms with Crippen molar-refractivity contribution in [2.24, 2.45) is 7.05 Å². The summed E-state index contributed by atoms with van der Waals surface area (Å²) in [4.78, 5) is 7.29. The molecule has 0 aliphatic rings. The number of hydrogen-bond acceptors (Lipinski definition) is 4. The molecule has 0 atom stereocenters. The van der Waals surface area contributed by atoms with Gasteiger partial charge in [0.1, 0.15) is 5.03 Å². The highest BCUT2D eigenvalue weighted by atomic mass is 32.2. The topological polar surface area (TPSA) is 58.5 Å². The van der Waals surface area contributed by atoms with Crippen molar-refractivity contribution in [3.63, 3.8) is 0 Å². The van der Waals surface area contributed by atoms with Crippen molar-refractivity contribution in [3.8, 4) is 0 Å². The predicted octanol–water partition coefficient (Wildman–Crippen LogP) is 1.32. The van der Waals surface area contributed by atoms with E-state index in [0.29, 0.717) is 0 Å². The van der Waals surface area contributed by atoms with Gasteiger partial charge in [-0.2, -0.15) is 5.10 Å². The van der Waals surface area contributed by atoms with Crippen LogP contribution in [-0.2, 0) is 13.6 Å². The lowest BCUT2D eigenvalue weighted by Gasteiger charge is -2.03. The number of aryl methyl sites for hydroxylation is 2. The van der Waals surface area contributed by atoms with Gasteiger partial charge in [-0.25, -0.2) is 4.98 Å². The van der Waals surface area contributed by atoms with Crippen LogP contribution >= 0.6 is 11.8 Å². The lowest BCUT2D eigenvalue weighted by Crippen LogP contribution is -2.06. The number of nitrogens with zero attached hydrogens (tertiary/aromatic N) is 3. The molecule has 0 aliphatic carbocycles. The number of aromatic nitrogens is 4. The molecule has 5 nitrogen and oxygen atoms in total. The normalized spacial score (nSPS) is 10.9. The second kappa shape index (κ2) is 4.71. The van der Waals surface area contributed by atoms with E-state index >= 15 is 0 Å². The molecule has 0 saturated carbocycles. The fourth-order valence-electron chi connectivity index (χ4n) is 1.59. The molecular weight excluding hydrogens is 222 g/mol. The second-order valence-electron chi connectivity index (χ2n) is 3.52. The Hall–Kier alpha value is -1.27. The molecule has 2 aromatic rings. The summed E-state index contributed by atoms with van der Waals surface area (Å²) >= 11 is 1.60. The number of nitrogens with one attached hydrogen (secondary N) is 2. The third-order valence-corrected chi connectivity index (χ3v) is 3.43. The van der Waals surface area contributed by atoms with Gasteiger partial charge in [-0.15, -0.1) is 0 Å². The Labute approximate surface area is 98.7 Å². The number of hydrogen-bond donors (Lipinski definition) is 2. The minimum Gasteiger partial charge on any atom is -0.339 e. The van der Waals surface area contributed by atoms with Crippen LogP contribution in [0.1, 0.15) is 11.3 Å². The molecule has 0 unspecified atom stereocenters. The summed E-state index contributed by atoms with van der Waals surface area (Å²) in [6.45, 7) is 2.85. The van der Waals surface area contributed by atoms with Gasteiger partial charge in [0.05, 0.1) is 5.69 Å². The molecule has 86 valence electrons. The number of imidazole rings is 1. The SMILES string of the molecule is CNCc1c(C)nn(C)c1Sc1ncc[nH]1. The molecule has 2 rings (SSSR count). The maximum atomic E-state index is 4.42. The third kappa shape index (κ3) is 2.12. The molecule has 0 saturated heterocycles. The Kier molecular flexibility index (Phi) is 3.31. The van der Waals surface area contributed by atoms with E-state index in [9.17, 15) is 0 Å². The Balaban J connectivity index is 2.31. The van der Waals surface area contributed by atoms with Gasteiger partial charge in [-0.1, -0.05) is 0 Å². The van der Waals surface area contributed by atoms with Crippen LogP contribution in [0.5, 0.6) is 0 Å². The van der Waals surface area contributed by atoms with E-state index in [1.807, 2.05) is 31.9 Å². The van der Waals surface area contributed by atoms with Crippen molar-refractivity contribution in [1.29, 1.82) is 0 Å². The summed E-state index contributed by atoms with van der Waals surface area (Å²) in [5.74, 6) is 0. The van der Waals surface area contributed by atoms with Crippen molar-refractivity contribution in [2.45, 2.75) is 23.7 Å². The average Bonchev–Trinajstić information content (AvgIpc) is 2.82.